The second-order valence-electron chi connectivity index (χ2n) is 5.57. The Morgan fingerprint density at radius 2 is 1.96 bits per heavy atom. The predicted molar refractivity (Wildman–Crippen MR) is 93.0 cm³/mol. The van der Waals surface area contributed by atoms with Crippen LogP contribution >= 0.6 is 0 Å². The second kappa shape index (κ2) is 8.77. The van der Waals surface area contributed by atoms with Crippen molar-refractivity contribution < 1.29 is 14.0 Å². The number of carbonyl (C=O) groups excluding carboxylic acids is 2. The van der Waals surface area contributed by atoms with Gasteiger partial charge in [0.1, 0.15) is 5.82 Å². The van der Waals surface area contributed by atoms with E-state index in [1.807, 2.05) is 0 Å². The molecule has 0 unspecified atom stereocenters. The Labute approximate surface area is 144 Å². The van der Waals surface area contributed by atoms with Crippen molar-refractivity contribution in [3.8, 4) is 0 Å². The number of halogens is 1. The molecular weight excluding hydrogens is 325 g/mol. The molecule has 25 heavy (non-hydrogen) atoms. The van der Waals surface area contributed by atoms with E-state index in [0.29, 0.717) is 19.5 Å². The molecule has 132 valence electrons. The molecule has 6 nitrogen and oxygen atoms in total. The van der Waals surface area contributed by atoms with E-state index in [0.717, 1.165) is 12.5 Å². The number of anilines is 1. The minimum absolute atomic E-state index is 0.0244. The van der Waals surface area contributed by atoms with Crippen LogP contribution in [0.25, 0.3) is 0 Å². The van der Waals surface area contributed by atoms with Crippen LogP contribution in [-0.2, 0) is 11.3 Å². The van der Waals surface area contributed by atoms with Gasteiger partial charge in [-0.1, -0.05) is 6.07 Å². The third-order valence-electron chi connectivity index (χ3n) is 3.55. The van der Waals surface area contributed by atoms with E-state index in [2.05, 4.69) is 10.6 Å². The molecule has 7 heteroatoms. The summed E-state index contributed by atoms with van der Waals surface area (Å²) >= 11 is 0. The quantitative estimate of drug-likeness (QED) is 0.755. The molecule has 0 fully saturated rings. The molecule has 2 aromatic rings. The Balaban J connectivity index is 1.81. The van der Waals surface area contributed by atoms with Crippen molar-refractivity contribution in [1.82, 2.24) is 9.88 Å². The highest BCUT2D eigenvalue weighted by atomic mass is 19.1. The van der Waals surface area contributed by atoms with Gasteiger partial charge in [-0.2, -0.15) is 0 Å². The summed E-state index contributed by atoms with van der Waals surface area (Å²) < 4.78 is 15.2. The molecule has 0 aliphatic heterocycles. The van der Waals surface area contributed by atoms with Crippen LogP contribution in [0.5, 0.6) is 0 Å². The second-order valence-corrected chi connectivity index (χ2v) is 5.57. The lowest BCUT2D eigenvalue weighted by Crippen LogP contribution is -2.25. The van der Waals surface area contributed by atoms with Gasteiger partial charge in [-0.15, -0.1) is 0 Å². The monoisotopic (exact) mass is 345 g/mol. The summed E-state index contributed by atoms with van der Waals surface area (Å²) in [4.78, 5) is 34.7. The Bertz CT molecular complexity index is 817. The zero-order chi connectivity index (χ0) is 18.2. The first-order chi connectivity index (χ1) is 12.0. The third kappa shape index (κ3) is 5.56. The van der Waals surface area contributed by atoms with Gasteiger partial charge < -0.3 is 15.2 Å². The Hall–Kier alpha value is -2.96. The number of pyridine rings is 1. The van der Waals surface area contributed by atoms with E-state index >= 15 is 0 Å². The minimum Gasteiger partial charge on any atom is -0.352 e. The zero-order valence-electron chi connectivity index (χ0n) is 13.9. The SMILES string of the molecule is CC(=O)Nc1cc(C(=O)NCCCCn2ccccc2=O)ccc1F. The van der Waals surface area contributed by atoms with Crippen LogP contribution < -0.4 is 16.2 Å². The molecule has 0 aliphatic rings. The summed E-state index contributed by atoms with van der Waals surface area (Å²) in [6.45, 7) is 2.29. The number of unbranched alkanes of at least 4 members (excludes halogenated alkanes) is 1. The molecule has 0 bridgehead atoms. The highest BCUT2D eigenvalue weighted by Gasteiger charge is 2.10. The molecular formula is C18H20FN3O3. The first kappa shape index (κ1) is 18.4. The molecule has 2 amide bonds. The van der Waals surface area contributed by atoms with Crippen molar-refractivity contribution in [2.45, 2.75) is 26.3 Å². The molecule has 1 aromatic heterocycles. The number of carbonyl (C=O) groups is 2. The van der Waals surface area contributed by atoms with Crippen molar-refractivity contribution in [2.24, 2.45) is 0 Å². The highest BCUT2D eigenvalue weighted by molar-refractivity contribution is 5.96. The van der Waals surface area contributed by atoms with Gasteiger partial charge in [0.25, 0.3) is 5.91 Å². The number of rotatable bonds is 7. The van der Waals surface area contributed by atoms with Crippen LogP contribution in [-0.4, -0.2) is 22.9 Å². The maximum absolute atomic E-state index is 13.6. The van der Waals surface area contributed by atoms with E-state index in [-0.39, 0.29) is 22.7 Å². The molecule has 0 atom stereocenters. The summed E-state index contributed by atoms with van der Waals surface area (Å²) in [6.07, 6.45) is 3.17. The van der Waals surface area contributed by atoms with E-state index in [9.17, 15) is 18.8 Å². The Morgan fingerprint density at radius 3 is 2.68 bits per heavy atom. The van der Waals surface area contributed by atoms with Crippen LogP contribution in [0.1, 0.15) is 30.1 Å². The van der Waals surface area contributed by atoms with Crippen molar-refractivity contribution >= 4 is 17.5 Å². The van der Waals surface area contributed by atoms with Gasteiger partial charge in [0.05, 0.1) is 5.69 Å². The topological polar surface area (TPSA) is 80.2 Å². The number of amides is 2. The molecule has 0 saturated carbocycles. The summed E-state index contributed by atoms with van der Waals surface area (Å²) in [5.74, 6) is -1.35. The van der Waals surface area contributed by atoms with Crippen LogP contribution in [0, 0.1) is 5.82 Å². The number of nitrogens with one attached hydrogen (secondary N) is 2. The van der Waals surface area contributed by atoms with Crippen LogP contribution in [0.2, 0.25) is 0 Å². The highest BCUT2D eigenvalue weighted by Crippen LogP contribution is 2.16. The van der Waals surface area contributed by atoms with Gasteiger partial charge in [0, 0.05) is 37.8 Å². The summed E-state index contributed by atoms with van der Waals surface area (Å²) in [6, 6.07) is 8.79. The van der Waals surface area contributed by atoms with E-state index in [1.165, 1.54) is 25.1 Å². The maximum atomic E-state index is 13.6. The fourth-order valence-corrected chi connectivity index (χ4v) is 2.31. The average Bonchev–Trinajstić information content (AvgIpc) is 2.57. The molecule has 0 radical (unpaired) electrons. The summed E-state index contributed by atoms with van der Waals surface area (Å²) in [5, 5.41) is 5.08. The number of nitrogens with zero attached hydrogens (tertiary/aromatic N) is 1. The maximum Gasteiger partial charge on any atom is 0.251 e. The van der Waals surface area contributed by atoms with Gasteiger partial charge in [-0.3, -0.25) is 14.4 Å². The van der Waals surface area contributed by atoms with E-state index in [1.54, 1.807) is 22.9 Å². The van der Waals surface area contributed by atoms with E-state index < -0.39 is 11.7 Å². The molecule has 0 aliphatic carbocycles. The molecule has 0 saturated heterocycles. The fourth-order valence-electron chi connectivity index (χ4n) is 2.31. The fraction of sp³-hybridized carbons (Fsp3) is 0.278. The zero-order valence-corrected chi connectivity index (χ0v) is 13.9. The predicted octanol–water partition coefficient (Wildman–Crippen LogP) is 2.16. The minimum atomic E-state index is -0.597. The lowest BCUT2D eigenvalue weighted by Gasteiger charge is -2.09. The Morgan fingerprint density at radius 1 is 1.16 bits per heavy atom. The van der Waals surface area contributed by atoms with Gasteiger partial charge in [-0.25, -0.2) is 4.39 Å². The smallest absolute Gasteiger partial charge is 0.251 e. The normalized spacial score (nSPS) is 10.3. The molecule has 1 heterocycles. The standard InChI is InChI=1S/C18H20FN3O3/c1-13(23)21-16-12-14(7-8-15(16)19)18(25)20-9-3-5-11-22-10-4-2-6-17(22)24/h2,4,6-8,10,12H,3,5,9,11H2,1H3,(H,20,25)(H,21,23). The summed E-state index contributed by atoms with van der Waals surface area (Å²) in [7, 11) is 0. The van der Waals surface area contributed by atoms with Crippen LogP contribution in [0.15, 0.2) is 47.4 Å². The van der Waals surface area contributed by atoms with Crippen molar-refractivity contribution in [3.05, 3.63) is 64.3 Å². The van der Waals surface area contributed by atoms with Gasteiger partial charge in [-0.05, 0) is 37.1 Å². The van der Waals surface area contributed by atoms with Gasteiger partial charge >= 0.3 is 0 Å². The Kier molecular flexibility index (Phi) is 6.45. The largest absolute Gasteiger partial charge is 0.352 e. The van der Waals surface area contributed by atoms with Crippen molar-refractivity contribution in [1.29, 1.82) is 0 Å². The number of benzene rings is 1. The lowest BCUT2D eigenvalue weighted by atomic mass is 10.1. The molecule has 2 rings (SSSR count). The number of hydrogen-bond donors (Lipinski definition) is 2. The van der Waals surface area contributed by atoms with E-state index in [4.69, 9.17) is 0 Å². The molecule has 2 N–H and O–H groups in total. The van der Waals surface area contributed by atoms with Crippen LogP contribution in [0.4, 0.5) is 10.1 Å². The average molecular weight is 345 g/mol. The van der Waals surface area contributed by atoms with Gasteiger partial charge in [0.2, 0.25) is 11.5 Å². The first-order valence-electron chi connectivity index (χ1n) is 7.98. The third-order valence-corrected chi connectivity index (χ3v) is 3.55. The number of hydrogen-bond acceptors (Lipinski definition) is 3. The van der Waals surface area contributed by atoms with Crippen molar-refractivity contribution in [3.63, 3.8) is 0 Å². The molecule has 0 spiro atoms. The number of aryl methyl sites for hydroxylation is 1. The van der Waals surface area contributed by atoms with Gasteiger partial charge in [0.15, 0.2) is 0 Å². The first-order valence-corrected chi connectivity index (χ1v) is 7.98. The molecule has 1 aromatic carbocycles. The summed E-state index contributed by atoms with van der Waals surface area (Å²) in [5.41, 5.74) is 0.191. The lowest BCUT2D eigenvalue weighted by molar-refractivity contribution is -0.114. The van der Waals surface area contributed by atoms with Crippen molar-refractivity contribution in [2.75, 3.05) is 11.9 Å². The van der Waals surface area contributed by atoms with Crippen LogP contribution in [0.3, 0.4) is 0 Å². The number of aromatic nitrogens is 1.